The van der Waals surface area contributed by atoms with E-state index in [0.717, 1.165) is 11.8 Å². The summed E-state index contributed by atoms with van der Waals surface area (Å²) in [6, 6.07) is 5.25. The van der Waals surface area contributed by atoms with Gasteiger partial charge in [-0.2, -0.15) is 0 Å². The Hall–Kier alpha value is -2.09. The van der Waals surface area contributed by atoms with Crippen LogP contribution in [0, 0.1) is 5.82 Å². The highest BCUT2D eigenvalue weighted by Crippen LogP contribution is 2.21. The molecule has 23 heavy (non-hydrogen) atoms. The number of nitrogens with one attached hydrogen (secondary N) is 2. The number of thioether (sulfide) groups is 1. The van der Waals surface area contributed by atoms with Crippen molar-refractivity contribution in [3.05, 3.63) is 30.1 Å². The molecule has 0 saturated heterocycles. The van der Waals surface area contributed by atoms with E-state index in [2.05, 4.69) is 10.6 Å². The van der Waals surface area contributed by atoms with Gasteiger partial charge in [-0.1, -0.05) is 12.1 Å². The van der Waals surface area contributed by atoms with Crippen molar-refractivity contribution < 1.29 is 23.5 Å². The number of carbonyl (C=O) groups is 3. The number of halogens is 1. The van der Waals surface area contributed by atoms with Crippen molar-refractivity contribution in [3.63, 3.8) is 0 Å². The third kappa shape index (κ3) is 7.14. The summed E-state index contributed by atoms with van der Waals surface area (Å²) in [5.74, 6) is -1.98. The van der Waals surface area contributed by atoms with Crippen LogP contribution in [0.25, 0.3) is 0 Å². The Morgan fingerprint density at radius 1 is 1.22 bits per heavy atom. The number of urea groups is 1. The first kappa shape index (κ1) is 19.0. The number of ether oxygens (including phenoxy) is 1. The van der Waals surface area contributed by atoms with E-state index in [-0.39, 0.29) is 11.8 Å². The standard InChI is InChI=1S/C15H19FN2O4S/c1-9(2)17-15(21)18-14(20)10(3)22-13(19)8-23-12-7-5-4-6-11(12)16/h4-7,9-10H,8H2,1-3H3,(H2,17,18,20,21)/t10-/m0/s1. The molecule has 126 valence electrons. The zero-order chi connectivity index (χ0) is 17.4. The molecule has 0 bridgehead atoms. The fourth-order valence-electron chi connectivity index (χ4n) is 1.49. The molecule has 0 heterocycles. The quantitative estimate of drug-likeness (QED) is 0.611. The van der Waals surface area contributed by atoms with Crippen LogP contribution in [0.4, 0.5) is 9.18 Å². The van der Waals surface area contributed by atoms with E-state index >= 15 is 0 Å². The Morgan fingerprint density at radius 3 is 2.48 bits per heavy atom. The van der Waals surface area contributed by atoms with Gasteiger partial charge in [0.2, 0.25) is 0 Å². The van der Waals surface area contributed by atoms with Crippen molar-refractivity contribution in [1.29, 1.82) is 0 Å². The highest BCUT2D eigenvalue weighted by Gasteiger charge is 2.20. The molecule has 0 saturated carbocycles. The van der Waals surface area contributed by atoms with E-state index in [1.807, 2.05) is 0 Å². The van der Waals surface area contributed by atoms with Gasteiger partial charge in [0.05, 0.1) is 5.75 Å². The average molecular weight is 342 g/mol. The van der Waals surface area contributed by atoms with Crippen LogP contribution in [0.5, 0.6) is 0 Å². The fourth-order valence-corrected chi connectivity index (χ4v) is 2.22. The van der Waals surface area contributed by atoms with E-state index in [1.54, 1.807) is 32.0 Å². The molecule has 0 spiro atoms. The normalized spacial score (nSPS) is 11.7. The minimum atomic E-state index is -1.12. The first-order valence-corrected chi connectivity index (χ1v) is 7.96. The molecule has 0 aliphatic rings. The van der Waals surface area contributed by atoms with Crippen molar-refractivity contribution in [1.82, 2.24) is 10.6 Å². The van der Waals surface area contributed by atoms with Crippen molar-refractivity contribution in [2.24, 2.45) is 0 Å². The number of rotatable bonds is 6. The van der Waals surface area contributed by atoms with Gasteiger partial charge in [0.25, 0.3) is 5.91 Å². The lowest BCUT2D eigenvalue weighted by atomic mass is 10.3. The van der Waals surface area contributed by atoms with E-state index < -0.39 is 29.8 Å². The van der Waals surface area contributed by atoms with Crippen molar-refractivity contribution in [2.75, 3.05) is 5.75 Å². The van der Waals surface area contributed by atoms with Gasteiger partial charge >= 0.3 is 12.0 Å². The lowest BCUT2D eigenvalue weighted by Gasteiger charge is -2.14. The van der Waals surface area contributed by atoms with Gasteiger partial charge < -0.3 is 10.1 Å². The van der Waals surface area contributed by atoms with Crippen LogP contribution in [0.15, 0.2) is 29.2 Å². The lowest BCUT2D eigenvalue weighted by molar-refractivity contribution is -0.151. The molecule has 0 fully saturated rings. The zero-order valence-corrected chi connectivity index (χ0v) is 13.9. The van der Waals surface area contributed by atoms with Crippen LogP contribution in [0.2, 0.25) is 0 Å². The Labute approximate surface area is 138 Å². The molecule has 1 aromatic rings. The van der Waals surface area contributed by atoms with Gasteiger partial charge in [-0.15, -0.1) is 11.8 Å². The van der Waals surface area contributed by atoms with Crippen LogP contribution >= 0.6 is 11.8 Å². The van der Waals surface area contributed by atoms with Crippen LogP contribution in [-0.4, -0.2) is 35.8 Å². The predicted molar refractivity (Wildman–Crippen MR) is 84.5 cm³/mol. The molecule has 3 amide bonds. The molecule has 0 aromatic heterocycles. The summed E-state index contributed by atoms with van der Waals surface area (Å²) in [4.78, 5) is 35.0. The molecule has 0 unspecified atom stereocenters. The summed E-state index contributed by atoms with van der Waals surface area (Å²) < 4.78 is 18.3. The molecular formula is C15H19FN2O4S. The highest BCUT2D eigenvalue weighted by molar-refractivity contribution is 8.00. The summed E-state index contributed by atoms with van der Waals surface area (Å²) in [6.45, 7) is 4.84. The van der Waals surface area contributed by atoms with Gasteiger partial charge in [0, 0.05) is 10.9 Å². The Kier molecular flexibility index (Phi) is 7.53. The van der Waals surface area contributed by atoms with Gasteiger partial charge in [-0.25, -0.2) is 9.18 Å². The number of carbonyl (C=O) groups excluding carboxylic acids is 3. The smallest absolute Gasteiger partial charge is 0.321 e. The van der Waals surface area contributed by atoms with E-state index in [9.17, 15) is 18.8 Å². The van der Waals surface area contributed by atoms with Gasteiger partial charge in [0.15, 0.2) is 6.10 Å². The third-order valence-electron chi connectivity index (χ3n) is 2.52. The first-order valence-electron chi connectivity index (χ1n) is 6.97. The number of benzene rings is 1. The number of hydrogen-bond donors (Lipinski definition) is 2. The van der Waals surface area contributed by atoms with Crippen molar-refractivity contribution in [3.8, 4) is 0 Å². The number of esters is 1. The molecule has 0 radical (unpaired) electrons. The van der Waals surface area contributed by atoms with Crippen LogP contribution in [0.1, 0.15) is 20.8 Å². The number of amides is 3. The molecule has 1 atom stereocenters. The van der Waals surface area contributed by atoms with E-state index in [0.29, 0.717) is 4.90 Å². The van der Waals surface area contributed by atoms with Crippen LogP contribution in [0.3, 0.4) is 0 Å². The maximum Gasteiger partial charge on any atom is 0.321 e. The maximum absolute atomic E-state index is 13.4. The van der Waals surface area contributed by atoms with E-state index in [1.165, 1.54) is 13.0 Å². The average Bonchev–Trinajstić information content (AvgIpc) is 2.45. The molecule has 2 N–H and O–H groups in total. The largest absolute Gasteiger partial charge is 0.452 e. The van der Waals surface area contributed by atoms with E-state index in [4.69, 9.17) is 4.74 Å². The molecule has 8 heteroatoms. The SMILES string of the molecule is CC(C)NC(=O)NC(=O)[C@H](C)OC(=O)CSc1ccccc1F. The van der Waals surface area contributed by atoms with Crippen molar-refractivity contribution in [2.45, 2.75) is 37.8 Å². The van der Waals surface area contributed by atoms with Gasteiger partial charge in [0.1, 0.15) is 5.82 Å². The molecule has 0 aliphatic carbocycles. The minimum absolute atomic E-state index is 0.127. The second kappa shape index (κ2) is 9.14. The Morgan fingerprint density at radius 2 is 1.87 bits per heavy atom. The monoisotopic (exact) mass is 342 g/mol. The summed E-state index contributed by atoms with van der Waals surface area (Å²) in [5.41, 5.74) is 0. The first-order chi connectivity index (χ1) is 10.8. The molecule has 1 aromatic carbocycles. The zero-order valence-electron chi connectivity index (χ0n) is 13.1. The predicted octanol–water partition coefficient (Wildman–Crippen LogP) is 2.08. The minimum Gasteiger partial charge on any atom is -0.452 e. The lowest BCUT2D eigenvalue weighted by Crippen LogP contribution is -2.46. The van der Waals surface area contributed by atoms with Crippen LogP contribution < -0.4 is 10.6 Å². The van der Waals surface area contributed by atoms with Crippen molar-refractivity contribution >= 4 is 29.7 Å². The summed E-state index contributed by atoms with van der Waals surface area (Å²) >= 11 is 0.971. The highest BCUT2D eigenvalue weighted by atomic mass is 32.2. The summed E-state index contributed by atoms with van der Waals surface area (Å²) in [5, 5.41) is 4.54. The summed E-state index contributed by atoms with van der Waals surface area (Å²) in [6.07, 6.45) is -1.12. The topological polar surface area (TPSA) is 84.5 Å². The van der Waals surface area contributed by atoms with Gasteiger partial charge in [-0.05, 0) is 32.9 Å². The van der Waals surface area contributed by atoms with Gasteiger partial charge in [-0.3, -0.25) is 14.9 Å². The number of hydrogen-bond acceptors (Lipinski definition) is 5. The van der Waals surface area contributed by atoms with Crippen LogP contribution in [-0.2, 0) is 14.3 Å². The molecule has 0 aliphatic heterocycles. The Balaban J connectivity index is 2.39. The Bertz CT molecular complexity index is 580. The molecule has 6 nitrogen and oxygen atoms in total. The maximum atomic E-state index is 13.4. The molecule has 1 rings (SSSR count). The third-order valence-corrected chi connectivity index (χ3v) is 3.54. The number of imide groups is 1. The second-order valence-electron chi connectivity index (χ2n) is 4.97. The second-order valence-corrected chi connectivity index (χ2v) is 5.99. The molecular weight excluding hydrogens is 323 g/mol. The fraction of sp³-hybridized carbons (Fsp3) is 0.400. The summed E-state index contributed by atoms with van der Waals surface area (Å²) in [7, 11) is 0.